The lowest BCUT2D eigenvalue weighted by Gasteiger charge is -2.28. The normalized spacial score (nSPS) is 15.3. The molecule has 1 aromatic heterocycles. The van der Waals surface area contributed by atoms with Crippen LogP contribution in [0.1, 0.15) is 17.0 Å². The van der Waals surface area contributed by atoms with Gasteiger partial charge in [0.1, 0.15) is 11.9 Å². The SMILES string of the molecule is C1=CC2Oc3ccccc3C2C(c2cccc(N(c3ccccc3)c3cccc(-c4ccc5oc6c(ccc7c8ccccc8c8ccccc8c8ccccc8c76)oc5c4)c3)c2)=C1. The van der Waals surface area contributed by atoms with E-state index in [1.165, 1.54) is 32.9 Å². The number of rotatable bonds is 5. The van der Waals surface area contributed by atoms with E-state index < -0.39 is 0 Å². The first-order valence-electron chi connectivity index (χ1n) is 21.9. The quantitative estimate of drug-likeness (QED) is 0.162. The van der Waals surface area contributed by atoms with Crippen molar-refractivity contribution < 1.29 is 13.6 Å². The zero-order valence-electron chi connectivity index (χ0n) is 34.7. The average Bonchev–Trinajstić information content (AvgIpc) is 3.75. The predicted molar refractivity (Wildman–Crippen MR) is 264 cm³/mol. The molecule has 2 aliphatic rings. The molecule has 2 heterocycles. The molecule has 2 atom stereocenters. The van der Waals surface area contributed by atoms with E-state index in [1.54, 1.807) is 0 Å². The molecule has 0 bridgehead atoms. The van der Waals surface area contributed by atoms with E-state index in [0.29, 0.717) is 16.7 Å². The predicted octanol–water partition coefficient (Wildman–Crippen LogP) is 16.6. The van der Waals surface area contributed by atoms with Crippen molar-refractivity contribution >= 4 is 88.1 Å². The van der Waals surface area contributed by atoms with Crippen LogP contribution in [0.15, 0.2) is 233 Å². The number of hydrogen-bond acceptors (Lipinski definition) is 4. The van der Waals surface area contributed by atoms with Gasteiger partial charge in [-0.05, 0) is 133 Å². The highest BCUT2D eigenvalue weighted by Gasteiger charge is 2.37. The molecule has 1 aliphatic heterocycles. The second-order valence-corrected chi connectivity index (χ2v) is 16.7. The summed E-state index contributed by atoms with van der Waals surface area (Å²) in [6.45, 7) is 0. The van der Waals surface area contributed by atoms with Crippen molar-refractivity contribution in [3.8, 4) is 16.9 Å². The highest BCUT2D eigenvalue weighted by Crippen LogP contribution is 2.49. The molecule has 0 fully saturated rings. The minimum absolute atomic E-state index is 0.0191. The van der Waals surface area contributed by atoms with Crippen molar-refractivity contribution in [3.05, 3.63) is 236 Å². The van der Waals surface area contributed by atoms with Gasteiger partial charge in [0.25, 0.3) is 0 Å². The third-order valence-corrected chi connectivity index (χ3v) is 13.1. The molecule has 0 saturated heterocycles. The molecule has 4 heteroatoms. The van der Waals surface area contributed by atoms with Crippen LogP contribution in [0.2, 0.25) is 0 Å². The first-order valence-corrected chi connectivity index (χ1v) is 21.9. The number of anilines is 3. The molecule has 0 saturated carbocycles. The Bertz CT molecular complexity index is 3740. The van der Waals surface area contributed by atoms with Crippen molar-refractivity contribution in [2.24, 2.45) is 0 Å². The summed E-state index contributed by atoms with van der Waals surface area (Å²) in [7, 11) is 0. The van der Waals surface area contributed by atoms with Gasteiger partial charge in [-0.15, -0.1) is 0 Å². The van der Waals surface area contributed by atoms with Crippen LogP contribution in [0.25, 0.3) is 82.1 Å². The molecular formula is C60H39NO3. The fourth-order valence-corrected chi connectivity index (χ4v) is 10.2. The molecule has 0 N–H and O–H groups in total. The Hall–Kier alpha value is -8.34. The second kappa shape index (κ2) is 14.6. The zero-order chi connectivity index (χ0) is 42.1. The Morgan fingerprint density at radius 2 is 0.953 bits per heavy atom. The minimum atomic E-state index is -0.0191. The summed E-state index contributed by atoms with van der Waals surface area (Å²) in [6.07, 6.45) is 6.53. The molecular weight excluding hydrogens is 783 g/mol. The Balaban J connectivity index is 0.934. The molecule has 64 heavy (non-hydrogen) atoms. The Kier molecular flexibility index (Phi) is 8.31. The van der Waals surface area contributed by atoms with Gasteiger partial charge in [0.2, 0.25) is 0 Å². The smallest absolute Gasteiger partial charge is 0.178 e. The van der Waals surface area contributed by atoms with E-state index in [9.17, 15) is 0 Å². The summed E-state index contributed by atoms with van der Waals surface area (Å²) in [5, 5.41) is 9.17. The highest BCUT2D eigenvalue weighted by atomic mass is 16.5. The van der Waals surface area contributed by atoms with Gasteiger partial charge in [0.05, 0.1) is 5.92 Å². The Labute approximate surface area is 369 Å². The van der Waals surface area contributed by atoms with Gasteiger partial charge >= 0.3 is 0 Å². The number of nitrogens with zero attached hydrogens (tertiary/aromatic N) is 1. The van der Waals surface area contributed by atoms with Crippen molar-refractivity contribution in [1.82, 2.24) is 0 Å². The molecule has 13 rings (SSSR count). The number of hydrogen-bond donors (Lipinski definition) is 0. The van der Waals surface area contributed by atoms with E-state index in [1.807, 2.05) is 12.1 Å². The molecule has 0 radical (unpaired) electrons. The molecule has 0 amide bonds. The number of benzene rings is 9. The second-order valence-electron chi connectivity index (χ2n) is 16.7. The van der Waals surface area contributed by atoms with Gasteiger partial charge < -0.3 is 18.5 Å². The van der Waals surface area contributed by atoms with Crippen molar-refractivity contribution in [1.29, 1.82) is 0 Å². The van der Waals surface area contributed by atoms with Gasteiger partial charge in [-0.3, -0.25) is 0 Å². The first kappa shape index (κ1) is 36.3. The summed E-state index contributed by atoms with van der Waals surface area (Å²) >= 11 is 0. The van der Waals surface area contributed by atoms with Gasteiger partial charge in [-0.25, -0.2) is 0 Å². The monoisotopic (exact) mass is 821 g/mol. The molecule has 302 valence electrons. The fourth-order valence-electron chi connectivity index (χ4n) is 10.2. The Morgan fingerprint density at radius 3 is 1.69 bits per heavy atom. The maximum absolute atomic E-state index is 6.96. The topological polar surface area (TPSA) is 38.8 Å². The maximum atomic E-state index is 6.96. The van der Waals surface area contributed by atoms with Crippen molar-refractivity contribution in [2.75, 3.05) is 4.90 Å². The third-order valence-electron chi connectivity index (χ3n) is 13.1. The average molecular weight is 822 g/mol. The van der Waals surface area contributed by atoms with Crippen LogP contribution in [0.5, 0.6) is 5.75 Å². The van der Waals surface area contributed by atoms with Crippen molar-refractivity contribution in [3.63, 3.8) is 0 Å². The summed E-state index contributed by atoms with van der Waals surface area (Å²) in [6, 6.07) is 73.1. The van der Waals surface area contributed by atoms with Crippen LogP contribution in [0.4, 0.5) is 17.1 Å². The number of para-hydroxylation sites is 2. The van der Waals surface area contributed by atoms with E-state index in [0.717, 1.165) is 66.5 Å². The lowest BCUT2D eigenvalue weighted by Crippen LogP contribution is -2.19. The third kappa shape index (κ3) is 5.84. The van der Waals surface area contributed by atoms with Crippen LogP contribution in [-0.4, -0.2) is 6.10 Å². The number of allylic oxidation sites excluding steroid dienone is 2. The van der Waals surface area contributed by atoms with Crippen LogP contribution in [0.3, 0.4) is 0 Å². The first-order chi connectivity index (χ1) is 31.7. The number of fused-ring (bicyclic) bond motifs is 14. The van der Waals surface area contributed by atoms with Crippen LogP contribution >= 0.6 is 0 Å². The van der Waals surface area contributed by atoms with Gasteiger partial charge in [-0.2, -0.15) is 0 Å². The highest BCUT2D eigenvalue weighted by molar-refractivity contribution is 6.29. The molecule has 1 aliphatic carbocycles. The molecule has 4 nitrogen and oxygen atoms in total. The van der Waals surface area contributed by atoms with Gasteiger partial charge in [-0.1, -0.05) is 152 Å². The molecule has 11 aromatic rings. The molecule has 2 unspecified atom stereocenters. The zero-order valence-corrected chi connectivity index (χ0v) is 34.7. The maximum Gasteiger partial charge on any atom is 0.178 e. The van der Waals surface area contributed by atoms with Crippen LogP contribution in [-0.2, 0) is 0 Å². The minimum Gasteiger partial charge on any atom is -0.485 e. The summed E-state index contributed by atoms with van der Waals surface area (Å²) < 4.78 is 20.2. The standard InChI is InChI=1S/C60H39NO3/c1-2-17-41(18-3-1)61(43-20-13-16-40(36-43)44-28-14-30-55-58(44)52-27-10-11-29-53(52)62-55)42-19-12-15-38(35-42)39-31-33-54-57(37-39)63-56-34-32-51-49-25-7-6-23-47(49)45-21-4-5-22-46(45)48-24-8-9-26-50(48)59(51)60(56)64-54/h1-37,55,58H. The summed E-state index contributed by atoms with van der Waals surface area (Å²) in [5.41, 5.74) is 11.7. The fraction of sp³-hybridized carbons (Fsp3) is 0.0333. The largest absolute Gasteiger partial charge is 0.485 e. The summed E-state index contributed by atoms with van der Waals surface area (Å²) in [5.74, 6) is 1.10. The summed E-state index contributed by atoms with van der Waals surface area (Å²) in [4.78, 5) is 2.33. The van der Waals surface area contributed by atoms with Crippen LogP contribution < -0.4 is 9.64 Å². The van der Waals surface area contributed by atoms with Crippen molar-refractivity contribution in [2.45, 2.75) is 12.0 Å². The van der Waals surface area contributed by atoms with E-state index >= 15 is 0 Å². The number of ether oxygens (including phenoxy) is 1. The van der Waals surface area contributed by atoms with Crippen LogP contribution in [0, 0.1) is 0 Å². The van der Waals surface area contributed by atoms with E-state index in [-0.39, 0.29) is 12.0 Å². The van der Waals surface area contributed by atoms with Gasteiger partial charge in [0.15, 0.2) is 22.3 Å². The lowest BCUT2D eigenvalue weighted by atomic mass is 9.81. The van der Waals surface area contributed by atoms with Gasteiger partial charge in [0, 0.05) is 28.0 Å². The Morgan fingerprint density at radius 1 is 0.391 bits per heavy atom. The lowest BCUT2D eigenvalue weighted by molar-refractivity contribution is 0.271. The molecule has 0 spiro atoms. The van der Waals surface area contributed by atoms with E-state index in [4.69, 9.17) is 13.6 Å². The van der Waals surface area contributed by atoms with E-state index in [2.05, 4.69) is 217 Å². The molecule has 10 aromatic carbocycles.